The molecule has 0 spiro atoms. The summed E-state index contributed by atoms with van der Waals surface area (Å²) in [4.78, 5) is 1.41. The zero-order valence-electron chi connectivity index (χ0n) is 10.8. The van der Waals surface area contributed by atoms with Crippen molar-refractivity contribution in [1.82, 2.24) is 5.43 Å². The van der Waals surface area contributed by atoms with Crippen molar-refractivity contribution in [2.24, 2.45) is 11.8 Å². The quantitative estimate of drug-likeness (QED) is 0.604. The van der Waals surface area contributed by atoms with Crippen LogP contribution in [0, 0.1) is 5.92 Å². The van der Waals surface area contributed by atoms with Crippen molar-refractivity contribution < 1.29 is 0 Å². The van der Waals surface area contributed by atoms with Crippen molar-refractivity contribution in [3.63, 3.8) is 0 Å². The Labute approximate surface area is 122 Å². The molecule has 0 amide bonds. The van der Waals surface area contributed by atoms with Gasteiger partial charge in [0.25, 0.3) is 0 Å². The molecule has 1 aliphatic carbocycles. The summed E-state index contributed by atoms with van der Waals surface area (Å²) >= 11 is 5.32. The average molecular weight is 331 g/mol. The standard InChI is InChI=1S/C14H23BrN2S/c15-12-8-14(18-10-12)9-13(17-16)7-6-11-4-2-1-3-5-11/h8,10-11,13,17H,1-7,9,16H2. The molecule has 1 aromatic heterocycles. The van der Waals surface area contributed by atoms with Gasteiger partial charge in [-0.15, -0.1) is 11.3 Å². The zero-order valence-corrected chi connectivity index (χ0v) is 13.2. The summed E-state index contributed by atoms with van der Waals surface area (Å²) in [5, 5.41) is 2.14. The molecule has 3 N–H and O–H groups in total. The molecule has 1 aliphatic rings. The van der Waals surface area contributed by atoms with Gasteiger partial charge in [-0.1, -0.05) is 32.1 Å². The van der Waals surface area contributed by atoms with Gasteiger partial charge in [0.2, 0.25) is 0 Å². The Morgan fingerprint density at radius 1 is 1.39 bits per heavy atom. The van der Waals surface area contributed by atoms with Crippen LogP contribution in [0.1, 0.15) is 49.8 Å². The van der Waals surface area contributed by atoms with E-state index in [2.05, 4.69) is 32.8 Å². The van der Waals surface area contributed by atoms with Gasteiger partial charge in [-0.05, 0) is 47.2 Å². The fourth-order valence-electron chi connectivity index (χ4n) is 2.86. The summed E-state index contributed by atoms with van der Waals surface area (Å²) in [6.07, 6.45) is 10.8. The number of halogens is 1. The second-order valence-electron chi connectivity index (χ2n) is 5.38. The molecule has 102 valence electrons. The normalized spacial score (nSPS) is 19.0. The van der Waals surface area contributed by atoms with E-state index in [0.717, 1.165) is 12.3 Å². The zero-order chi connectivity index (χ0) is 12.8. The SMILES string of the molecule is NNC(CCC1CCCCC1)Cc1cc(Br)cs1. The van der Waals surface area contributed by atoms with Crippen LogP contribution in [-0.2, 0) is 6.42 Å². The lowest BCUT2D eigenvalue weighted by molar-refractivity contribution is 0.313. The van der Waals surface area contributed by atoms with E-state index < -0.39 is 0 Å². The molecule has 0 saturated heterocycles. The maximum atomic E-state index is 5.69. The van der Waals surface area contributed by atoms with E-state index in [1.165, 1.54) is 54.3 Å². The number of hydrogen-bond donors (Lipinski definition) is 2. The Hall–Kier alpha value is 0.1000. The average Bonchev–Trinajstić information content (AvgIpc) is 2.81. The molecule has 1 heterocycles. The van der Waals surface area contributed by atoms with Crippen molar-refractivity contribution in [2.75, 3.05) is 0 Å². The highest BCUT2D eigenvalue weighted by molar-refractivity contribution is 9.10. The lowest BCUT2D eigenvalue weighted by Crippen LogP contribution is -2.37. The van der Waals surface area contributed by atoms with E-state index in [4.69, 9.17) is 5.84 Å². The first-order valence-electron chi connectivity index (χ1n) is 6.97. The molecule has 0 aliphatic heterocycles. The largest absolute Gasteiger partial charge is 0.271 e. The van der Waals surface area contributed by atoms with Gasteiger partial charge >= 0.3 is 0 Å². The summed E-state index contributed by atoms with van der Waals surface area (Å²) in [5.74, 6) is 6.63. The van der Waals surface area contributed by atoms with Crippen molar-refractivity contribution in [1.29, 1.82) is 0 Å². The van der Waals surface area contributed by atoms with Crippen LogP contribution in [0.5, 0.6) is 0 Å². The first-order valence-corrected chi connectivity index (χ1v) is 8.64. The van der Waals surface area contributed by atoms with E-state index in [1.54, 1.807) is 0 Å². The lowest BCUT2D eigenvalue weighted by Gasteiger charge is -2.23. The van der Waals surface area contributed by atoms with E-state index >= 15 is 0 Å². The number of nitrogens with two attached hydrogens (primary N) is 1. The maximum absolute atomic E-state index is 5.69. The van der Waals surface area contributed by atoms with Crippen LogP contribution < -0.4 is 11.3 Å². The van der Waals surface area contributed by atoms with Crippen LogP contribution in [0.15, 0.2) is 15.9 Å². The Kier molecular flexibility index (Phi) is 6.15. The number of nitrogens with one attached hydrogen (secondary N) is 1. The molecule has 0 radical (unpaired) electrons. The third kappa shape index (κ3) is 4.65. The summed E-state index contributed by atoms with van der Waals surface area (Å²) in [6.45, 7) is 0. The van der Waals surface area contributed by atoms with Gasteiger partial charge in [0.15, 0.2) is 0 Å². The van der Waals surface area contributed by atoms with Gasteiger partial charge in [0.05, 0.1) is 0 Å². The summed E-state index contributed by atoms with van der Waals surface area (Å²) in [5.41, 5.74) is 2.99. The maximum Gasteiger partial charge on any atom is 0.0285 e. The van der Waals surface area contributed by atoms with Gasteiger partial charge < -0.3 is 0 Å². The van der Waals surface area contributed by atoms with Crippen molar-refractivity contribution in [3.05, 3.63) is 20.8 Å². The molecule has 2 rings (SSSR count). The Morgan fingerprint density at radius 3 is 2.78 bits per heavy atom. The summed E-state index contributed by atoms with van der Waals surface area (Å²) in [7, 11) is 0. The fourth-order valence-corrected chi connectivity index (χ4v) is 4.39. The molecule has 1 saturated carbocycles. The first kappa shape index (κ1) is 14.5. The van der Waals surface area contributed by atoms with E-state index in [1.807, 2.05) is 11.3 Å². The predicted molar refractivity (Wildman–Crippen MR) is 82.6 cm³/mol. The van der Waals surface area contributed by atoms with Gasteiger partial charge in [0, 0.05) is 20.8 Å². The first-order chi connectivity index (χ1) is 8.78. The highest BCUT2D eigenvalue weighted by atomic mass is 79.9. The van der Waals surface area contributed by atoms with Gasteiger partial charge in [-0.25, -0.2) is 0 Å². The summed E-state index contributed by atoms with van der Waals surface area (Å²) in [6, 6.07) is 2.63. The van der Waals surface area contributed by atoms with Crippen LogP contribution in [-0.4, -0.2) is 6.04 Å². The van der Waals surface area contributed by atoms with Gasteiger partial charge in [0.1, 0.15) is 0 Å². The monoisotopic (exact) mass is 330 g/mol. The molecule has 1 atom stereocenters. The Bertz CT molecular complexity index is 347. The number of hydrazine groups is 1. The van der Waals surface area contributed by atoms with Crippen molar-refractivity contribution in [2.45, 2.75) is 57.4 Å². The number of hydrogen-bond acceptors (Lipinski definition) is 3. The molecule has 0 bridgehead atoms. The second-order valence-corrected chi connectivity index (χ2v) is 7.29. The van der Waals surface area contributed by atoms with Crippen LogP contribution in [0.2, 0.25) is 0 Å². The molecule has 1 unspecified atom stereocenters. The van der Waals surface area contributed by atoms with Crippen molar-refractivity contribution >= 4 is 27.3 Å². The molecular formula is C14H23BrN2S. The molecule has 0 aromatic carbocycles. The number of rotatable bonds is 6. The Balaban J connectivity index is 1.74. The predicted octanol–water partition coefficient (Wildman–Crippen LogP) is 4.25. The minimum absolute atomic E-state index is 0.428. The third-order valence-electron chi connectivity index (χ3n) is 3.95. The molecule has 4 heteroatoms. The minimum Gasteiger partial charge on any atom is -0.271 e. The highest BCUT2D eigenvalue weighted by Crippen LogP contribution is 2.28. The minimum atomic E-state index is 0.428. The fraction of sp³-hybridized carbons (Fsp3) is 0.714. The molecule has 18 heavy (non-hydrogen) atoms. The second kappa shape index (κ2) is 7.63. The topological polar surface area (TPSA) is 38.0 Å². The third-order valence-corrected chi connectivity index (χ3v) is 5.67. The van der Waals surface area contributed by atoms with Gasteiger partial charge in [-0.2, -0.15) is 0 Å². The van der Waals surface area contributed by atoms with Crippen LogP contribution >= 0.6 is 27.3 Å². The van der Waals surface area contributed by atoms with Crippen molar-refractivity contribution in [3.8, 4) is 0 Å². The molecular weight excluding hydrogens is 308 g/mol. The van der Waals surface area contributed by atoms with E-state index in [0.29, 0.717) is 6.04 Å². The molecule has 1 fully saturated rings. The highest BCUT2D eigenvalue weighted by Gasteiger charge is 2.16. The van der Waals surface area contributed by atoms with Crippen LogP contribution in [0.25, 0.3) is 0 Å². The lowest BCUT2D eigenvalue weighted by atomic mass is 9.85. The number of thiophene rings is 1. The van der Waals surface area contributed by atoms with Crippen LogP contribution in [0.4, 0.5) is 0 Å². The van der Waals surface area contributed by atoms with E-state index in [-0.39, 0.29) is 0 Å². The summed E-state index contributed by atoms with van der Waals surface area (Å²) < 4.78 is 1.19. The smallest absolute Gasteiger partial charge is 0.0285 e. The van der Waals surface area contributed by atoms with Crippen LogP contribution in [0.3, 0.4) is 0 Å². The molecule has 2 nitrogen and oxygen atoms in total. The molecule has 1 aromatic rings. The van der Waals surface area contributed by atoms with E-state index in [9.17, 15) is 0 Å². The Morgan fingerprint density at radius 2 is 2.17 bits per heavy atom. The van der Waals surface area contributed by atoms with Gasteiger partial charge in [-0.3, -0.25) is 11.3 Å².